The molecule has 0 atom stereocenters. The van der Waals surface area contributed by atoms with E-state index in [1.807, 2.05) is 0 Å². The quantitative estimate of drug-likeness (QED) is 0.489. The van der Waals surface area contributed by atoms with Crippen molar-refractivity contribution in [2.24, 2.45) is 0 Å². The summed E-state index contributed by atoms with van der Waals surface area (Å²) in [5, 5.41) is 0. The number of nitrogen functional groups attached to an aromatic ring is 1. The van der Waals surface area contributed by atoms with Gasteiger partial charge >= 0.3 is 0 Å². The minimum atomic E-state index is -0.346. The Balaban J connectivity index is 3.20. The van der Waals surface area contributed by atoms with Gasteiger partial charge in [0.1, 0.15) is 5.82 Å². The third-order valence-corrected chi connectivity index (χ3v) is 1.57. The molecule has 1 nitrogen and oxygen atoms in total. The molecule has 0 unspecified atom stereocenters. The zero-order valence-corrected chi connectivity index (χ0v) is 6.74. The lowest BCUT2D eigenvalue weighted by atomic mass is 10.2. The van der Waals surface area contributed by atoms with Gasteiger partial charge < -0.3 is 5.73 Å². The zero-order valence-electron chi connectivity index (χ0n) is 5.84. The summed E-state index contributed by atoms with van der Waals surface area (Å²) in [4.78, 5) is 0.544. The van der Waals surface area contributed by atoms with Crippen LogP contribution in [0.25, 0.3) is 4.91 Å². The Morgan fingerprint density at radius 2 is 2.18 bits per heavy atom. The van der Waals surface area contributed by atoms with Crippen LogP contribution in [0.2, 0.25) is 0 Å². The standard InChI is InChI=1S/C8H8FNS/c1-5(11)7-3-2-6(9)4-8(7)10/h2-4,11H,1,10H2. The van der Waals surface area contributed by atoms with E-state index in [-0.39, 0.29) is 5.82 Å². The van der Waals surface area contributed by atoms with Crippen LogP contribution in [0.15, 0.2) is 24.8 Å². The highest BCUT2D eigenvalue weighted by Crippen LogP contribution is 2.22. The van der Waals surface area contributed by atoms with E-state index in [9.17, 15) is 4.39 Å². The molecule has 58 valence electrons. The normalized spacial score (nSPS) is 9.64. The number of rotatable bonds is 1. The summed E-state index contributed by atoms with van der Waals surface area (Å²) in [7, 11) is 0. The second-order valence-corrected chi connectivity index (χ2v) is 2.72. The molecule has 0 bridgehead atoms. The Labute approximate surface area is 70.1 Å². The van der Waals surface area contributed by atoms with Crippen LogP contribution in [-0.4, -0.2) is 0 Å². The number of anilines is 1. The molecule has 3 heteroatoms. The number of benzene rings is 1. The van der Waals surface area contributed by atoms with Gasteiger partial charge in [0.05, 0.1) is 0 Å². The molecule has 0 spiro atoms. The van der Waals surface area contributed by atoms with E-state index in [1.165, 1.54) is 12.1 Å². The highest BCUT2D eigenvalue weighted by molar-refractivity contribution is 7.90. The molecule has 0 aliphatic carbocycles. The van der Waals surface area contributed by atoms with Gasteiger partial charge in [-0.25, -0.2) is 4.39 Å². The highest BCUT2D eigenvalue weighted by atomic mass is 32.1. The second kappa shape index (κ2) is 2.96. The number of hydrogen-bond donors (Lipinski definition) is 2. The molecule has 11 heavy (non-hydrogen) atoms. The van der Waals surface area contributed by atoms with E-state index in [0.717, 1.165) is 0 Å². The molecule has 0 aromatic heterocycles. The summed E-state index contributed by atoms with van der Waals surface area (Å²) < 4.78 is 12.5. The zero-order chi connectivity index (χ0) is 8.43. The fourth-order valence-electron chi connectivity index (χ4n) is 0.796. The minimum absolute atomic E-state index is 0.346. The topological polar surface area (TPSA) is 26.0 Å². The number of thiol groups is 1. The summed E-state index contributed by atoms with van der Waals surface area (Å²) in [6, 6.07) is 4.13. The maximum atomic E-state index is 12.5. The monoisotopic (exact) mass is 169 g/mol. The van der Waals surface area contributed by atoms with Crippen molar-refractivity contribution in [3.05, 3.63) is 36.2 Å². The van der Waals surface area contributed by atoms with E-state index in [2.05, 4.69) is 19.2 Å². The molecule has 0 saturated carbocycles. The largest absolute Gasteiger partial charge is 0.398 e. The Morgan fingerprint density at radius 3 is 2.64 bits per heavy atom. The van der Waals surface area contributed by atoms with Crippen molar-refractivity contribution in [2.75, 3.05) is 5.73 Å². The Hall–Kier alpha value is -0.960. The molecule has 0 aliphatic rings. The van der Waals surface area contributed by atoms with Gasteiger partial charge in [0.15, 0.2) is 0 Å². The lowest BCUT2D eigenvalue weighted by Gasteiger charge is -2.02. The molecule has 0 aliphatic heterocycles. The highest BCUT2D eigenvalue weighted by Gasteiger charge is 2.00. The van der Waals surface area contributed by atoms with Crippen molar-refractivity contribution in [2.45, 2.75) is 0 Å². The van der Waals surface area contributed by atoms with Crippen LogP contribution < -0.4 is 5.73 Å². The SMILES string of the molecule is C=C(S)c1ccc(F)cc1N. The van der Waals surface area contributed by atoms with Crippen molar-refractivity contribution < 1.29 is 4.39 Å². The van der Waals surface area contributed by atoms with Crippen LogP contribution >= 0.6 is 12.6 Å². The van der Waals surface area contributed by atoms with Crippen LogP contribution in [0.5, 0.6) is 0 Å². The predicted octanol–water partition coefficient (Wildman–Crippen LogP) is 2.31. The van der Waals surface area contributed by atoms with Crippen molar-refractivity contribution in [1.29, 1.82) is 0 Å². The van der Waals surface area contributed by atoms with Gasteiger partial charge in [-0.3, -0.25) is 0 Å². The van der Waals surface area contributed by atoms with E-state index < -0.39 is 0 Å². The summed E-state index contributed by atoms with van der Waals surface area (Å²) in [6.07, 6.45) is 0. The molecule has 1 rings (SSSR count). The third kappa shape index (κ3) is 1.74. The Bertz CT molecular complexity index is 296. The predicted molar refractivity (Wildman–Crippen MR) is 48.8 cm³/mol. The van der Waals surface area contributed by atoms with Gasteiger partial charge in [-0.2, -0.15) is 0 Å². The number of hydrogen-bond acceptors (Lipinski definition) is 2. The first-order chi connectivity index (χ1) is 5.11. The molecule has 0 saturated heterocycles. The van der Waals surface area contributed by atoms with E-state index in [0.29, 0.717) is 16.2 Å². The lowest BCUT2D eigenvalue weighted by Crippen LogP contribution is -1.91. The van der Waals surface area contributed by atoms with Crippen LogP contribution in [0.1, 0.15) is 5.56 Å². The van der Waals surface area contributed by atoms with Crippen molar-refractivity contribution in [3.8, 4) is 0 Å². The molecule has 0 radical (unpaired) electrons. The third-order valence-electron chi connectivity index (χ3n) is 1.32. The molecule has 1 aromatic rings. The molecular formula is C8H8FNS. The van der Waals surface area contributed by atoms with Crippen LogP contribution in [-0.2, 0) is 0 Å². The van der Waals surface area contributed by atoms with Gasteiger partial charge in [0.2, 0.25) is 0 Å². The van der Waals surface area contributed by atoms with Gasteiger partial charge in [-0.05, 0) is 18.2 Å². The van der Waals surface area contributed by atoms with Gasteiger partial charge in [0.25, 0.3) is 0 Å². The van der Waals surface area contributed by atoms with Crippen molar-refractivity contribution in [1.82, 2.24) is 0 Å². The second-order valence-electron chi connectivity index (χ2n) is 2.18. The minimum Gasteiger partial charge on any atom is -0.398 e. The van der Waals surface area contributed by atoms with Crippen molar-refractivity contribution >= 4 is 23.2 Å². The van der Waals surface area contributed by atoms with Crippen LogP contribution in [0, 0.1) is 5.82 Å². The maximum absolute atomic E-state index is 12.5. The molecule has 2 N–H and O–H groups in total. The average molecular weight is 169 g/mol. The number of halogens is 1. The van der Waals surface area contributed by atoms with E-state index in [4.69, 9.17) is 5.73 Å². The van der Waals surface area contributed by atoms with Crippen LogP contribution in [0.3, 0.4) is 0 Å². The molecular weight excluding hydrogens is 161 g/mol. The molecule has 0 fully saturated rings. The lowest BCUT2D eigenvalue weighted by molar-refractivity contribution is 0.628. The summed E-state index contributed by atoms with van der Waals surface area (Å²) >= 11 is 3.99. The Kier molecular flexibility index (Phi) is 2.19. The summed E-state index contributed by atoms with van der Waals surface area (Å²) in [6.45, 7) is 3.58. The maximum Gasteiger partial charge on any atom is 0.125 e. The summed E-state index contributed by atoms with van der Waals surface area (Å²) in [5.74, 6) is -0.346. The first-order valence-corrected chi connectivity index (χ1v) is 3.49. The van der Waals surface area contributed by atoms with Crippen LogP contribution in [0.4, 0.5) is 10.1 Å². The summed E-state index contributed by atoms with van der Waals surface area (Å²) in [5.41, 5.74) is 6.51. The molecule has 0 heterocycles. The van der Waals surface area contributed by atoms with Crippen molar-refractivity contribution in [3.63, 3.8) is 0 Å². The van der Waals surface area contributed by atoms with Gasteiger partial charge in [-0.15, -0.1) is 12.6 Å². The average Bonchev–Trinajstić information content (AvgIpc) is 1.85. The number of nitrogens with two attached hydrogens (primary N) is 1. The fourth-order valence-corrected chi connectivity index (χ4v) is 1.00. The first-order valence-electron chi connectivity index (χ1n) is 3.04. The smallest absolute Gasteiger partial charge is 0.125 e. The van der Waals surface area contributed by atoms with E-state index >= 15 is 0 Å². The van der Waals surface area contributed by atoms with Gasteiger partial charge in [-0.1, -0.05) is 6.58 Å². The fraction of sp³-hybridized carbons (Fsp3) is 0. The Morgan fingerprint density at radius 1 is 1.55 bits per heavy atom. The van der Waals surface area contributed by atoms with Gasteiger partial charge in [0, 0.05) is 16.2 Å². The first kappa shape index (κ1) is 8.14. The molecule has 0 amide bonds. The van der Waals surface area contributed by atoms with E-state index in [1.54, 1.807) is 6.07 Å². The molecule has 1 aromatic carbocycles.